The second-order valence-electron chi connectivity index (χ2n) is 5.90. The summed E-state index contributed by atoms with van der Waals surface area (Å²) in [6, 6.07) is 11.1. The smallest absolute Gasteiger partial charge is 0.249 e. The van der Waals surface area contributed by atoms with E-state index in [2.05, 4.69) is 34.9 Å². The van der Waals surface area contributed by atoms with Gasteiger partial charge < -0.3 is 0 Å². The molecule has 4 rings (SSSR count). The number of carbonyl (C=O) groups excluding carboxylic acids is 1. The number of amides is 1. The van der Waals surface area contributed by atoms with Crippen molar-refractivity contribution in [1.82, 2.24) is 15.0 Å². The molecule has 0 N–H and O–H groups in total. The predicted molar refractivity (Wildman–Crippen MR) is 113 cm³/mol. The van der Waals surface area contributed by atoms with Crippen molar-refractivity contribution in [2.45, 2.75) is 6.42 Å². The van der Waals surface area contributed by atoms with Crippen molar-refractivity contribution in [3.8, 4) is 0 Å². The van der Waals surface area contributed by atoms with Crippen LogP contribution in [-0.2, 0) is 4.79 Å². The zero-order valence-corrected chi connectivity index (χ0v) is 15.3. The molecule has 8 nitrogen and oxygen atoms in total. The largest absolute Gasteiger partial charge is 0.272 e. The van der Waals surface area contributed by atoms with Crippen molar-refractivity contribution < 1.29 is 4.79 Å². The van der Waals surface area contributed by atoms with Crippen molar-refractivity contribution in [1.29, 1.82) is 0 Å². The standard InChI is InChI=1S/C21H15N7O/c29-19-9-6-15-4-1-2-5-16(15)27-21-20-17(25-14-26-21)7-8-18(28-20)23-11-3-10-22-12-13-24-19/h1-8,10-14H,9H2/b10-3-,15-6+,22-12?,23-11?,24-13?,27-16?. The van der Waals surface area contributed by atoms with E-state index >= 15 is 0 Å². The van der Waals surface area contributed by atoms with Gasteiger partial charge in [0.2, 0.25) is 5.91 Å². The second-order valence-corrected chi connectivity index (χ2v) is 5.90. The van der Waals surface area contributed by atoms with Crippen molar-refractivity contribution >= 4 is 53.3 Å². The third-order valence-electron chi connectivity index (χ3n) is 3.94. The molecular formula is C21H15N7O. The van der Waals surface area contributed by atoms with E-state index in [-0.39, 0.29) is 12.3 Å². The van der Waals surface area contributed by atoms with Gasteiger partial charge in [-0.3, -0.25) is 9.79 Å². The molecule has 3 heterocycles. The molecule has 0 atom stereocenters. The van der Waals surface area contributed by atoms with Crippen LogP contribution in [0.5, 0.6) is 0 Å². The zero-order chi connectivity index (χ0) is 19.9. The molecule has 0 spiro atoms. The number of hydrogen-bond donors (Lipinski definition) is 0. The highest BCUT2D eigenvalue weighted by Gasteiger charge is 2.05. The molecule has 0 radical (unpaired) electrons. The summed E-state index contributed by atoms with van der Waals surface area (Å²) in [5.41, 5.74) is 1.21. The van der Waals surface area contributed by atoms with E-state index in [4.69, 9.17) is 0 Å². The van der Waals surface area contributed by atoms with Crippen LogP contribution in [0, 0.1) is 0 Å². The fourth-order valence-corrected chi connectivity index (χ4v) is 2.61. The fraction of sp³-hybridized carbons (Fsp3) is 0.0476. The van der Waals surface area contributed by atoms with E-state index in [1.807, 2.05) is 30.3 Å². The van der Waals surface area contributed by atoms with Crippen LogP contribution in [0.4, 0.5) is 11.6 Å². The summed E-state index contributed by atoms with van der Waals surface area (Å²) in [5.74, 6) is 0.653. The molecule has 3 aromatic rings. The molecule has 140 valence electrons. The van der Waals surface area contributed by atoms with Gasteiger partial charge in [-0.05, 0) is 29.5 Å². The van der Waals surface area contributed by atoms with Gasteiger partial charge in [0.05, 0.1) is 10.9 Å². The van der Waals surface area contributed by atoms with Gasteiger partial charge in [-0.2, -0.15) is 0 Å². The number of carbonyl (C=O) groups is 1. The van der Waals surface area contributed by atoms with E-state index < -0.39 is 0 Å². The van der Waals surface area contributed by atoms with Gasteiger partial charge in [0.15, 0.2) is 11.6 Å². The minimum atomic E-state index is -0.281. The fourth-order valence-electron chi connectivity index (χ4n) is 2.61. The summed E-state index contributed by atoms with van der Waals surface area (Å²) in [7, 11) is 0. The van der Waals surface area contributed by atoms with Gasteiger partial charge in [-0.1, -0.05) is 24.3 Å². The van der Waals surface area contributed by atoms with Crippen LogP contribution in [0.3, 0.4) is 0 Å². The summed E-state index contributed by atoms with van der Waals surface area (Å²) in [5, 5.41) is 1.47. The first-order chi connectivity index (χ1) is 14.3. The van der Waals surface area contributed by atoms with Crippen LogP contribution in [0.1, 0.15) is 6.42 Å². The number of benzene rings is 1. The number of fused-ring (bicyclic) bond motifs is 2. The Bertz CT molecular complexity index is 1310. The summed E-state index contributed by atoms with van der Waals surface area (Å²) in [6.07, 6.45) is 10.9. The van der Waals surface area contributed by atoms with Crippen LogP contribution in [0.2, 0.25) is 0 Å². The molecule has 0 saturated carbocycles. The van der Waals surface area contributed by atoms with Gasteiger partial charge in [0.1, 0.15) is 11.8 Å². The third-order valence-corrected chi connectivity index (χ3v) is 3.94. The molecule has 1 aliphatic rings. The molecule has 0 saturated heterocycles. The molecule has 0 unspecified atom stereocenters. The van der Waals surface area contributed by atoms with Gasteiger partial charge in [-0.15, -0.1) is 0 Å². The summed E-state index contributed by atoms with van der Waals surface area (Å²) < 4.78 is 0. The number of aromatic nitrogens is 3. The number of pyridine rings is 1. The number of nitrogens with zero attached hydrogens (tertiary/aromatic N) is 7. The molecule has 1 aliphatic heterocycles. The highest BCUT2D eigenvalue weighted by atomic mass is 16.1. The van der Waals surface area contributed by atoms with E-state index in [9.17, 15) is 4.79 Å². The monoisotopic (exact) mass is 381 g/mol. The van der Waals surface area contributed by atoms with Crippen LogP contribution >= 0.6 is 0 Å². The zero-order valence-electron chi connectivity index (χ0n) is 15.3. The lowest BCUT2D eigenvalue weighted by Gasteiger charge is -2.01. The summed E-state index contributed by atoms with van der Waals surface area (Å²) in [6.45, 7) is 0. The molecule has 1 aromatic carbocycles. The number of para-hydroxylation sites is 1. The third kappa shape index (κ3) is 4.56. The Hall–Kier alpha value is -4.20. The lowest BCUT2D eigenvalue weighted by molar-refractivity contribution is -0.116. The Labute approximate surface area is 165 Å². The van der Waals surface area contributed by atoms with Crippen LogP contribution < -0.4 is 10.6 Å². The maximum Gasteiger partial charge on any atom is 0.249 e. The first-order valence-corrected chi connectivity index (χ1v) is 8.83. The van der Waals surface area contributed by atoms with Crippen LogP contribution in [0.25, 0.3) is 17.1 Å². The van der Waals surface area contributed by atoms with Gasteiger partial charge in [0.25, 0.3) is 0 Å². The molecular weight excluding hydrogens is 366 g/mol. The lowest BCUT2D eigenvalue weighted by atomic mass is 10.2. The Morgan fingerprint density at radius 2 is 1.83 bits per heavy atom. The van der Waals surface area contributed by atoms with Crippen LogP contribution in [0.15, 0.2) is 75.0 Å². The van der Waals surface area contributed by atoms with Gasteiger partial charge in [0, 0.05) is 31.3 Å². The predicted octanol–water partition coefficient (Wildman–Crippen LogP) is 2.04. The Morgan fingerprint density at radius 3 is 2.79 bits per heavy atom. The molecule has 1 amide bonds. The van der Waals surface area contributed by atoms with Gasteiger partial charge >= 0.3 is 0 Å². The summed E-state index contributed by atoms with van der Waals surface area (Å²) in [4.78, 5) is 41.8. The van der Waals surface area contributed by atoms with E-state index in [0.29, 0.717) is 28.0 Å². The SMILES string of the molecule is O=C1C/C=c2\ccccc2=Nc2ncnc3ccc(nc23)N=C/C=C\N=CC=N1. The maximum atomic E-state index is 12.0. The van der Waals surface area contributed by atoms with Crippen LogP contribution in [-0.4, -0.2) is 39.5 Å². The topological polar surface area (TPSA) is 105 Å². The average Bonchev–Trinajstić information content (AvgIpc) is 2.74. The molecule has 29 heavy (non-hydrogen) atoms. The van der Waals surface area contributed by atoms with Gasteiger partial charge in [-0.25, -0.2) is 29.9 Å². The minimum Gasteiger partial charge on any atom is -0.272 e. The first kappa shape index (κ1) is 18.2. The Balaban J connectivity index is 1.93. The highest BCUT2D eigenvalue weighted by molar-refractivity contribution is 6.19. The second kappa shape index (κ2) is 8.66. The van der Waals surface area contributed by atoms with E-state index in [0.717, 1.165) is 5.22 Å². The number of hydrogen-bond acceptors (Lipinski definition) is 7. The quantitative estimate of drug-likeness (QED) is 0.594. The molecule has 2 aromatic heterocycles. The Kier molecular flexibility index (Phi) is 5.43. The van der Waals surface area contributed by atoms with Crippen molar-refractivity contribution in [2.24, 2.45) is 20.0 Å². The Morgan fingerprint density at radius 1 is 0.897 bits per heavy atom. The molecule has 0 aliphatic carbocycles. The lowest BCUT2D eigenvalue weighted by Crippen LogP contribution is -2.24. The number of rotatable bonds is 0. The number of allylic oxidation sites excluding steroid dienone is 1. The first-order valence-electron chi connectivity index (χ1n) is 8.83. The van der Waals surface area contributed by atoms with E-state index in [1.54, 1.807) is 24.4 Å². The molecule has 2 bridgehead atoms. The van der Waals surface area contributed by atoms with Crippen molar-refractivity contribution in [3.05, 3.63) is 65.6 Å². The number of aliphatic imine (C=N–C) groups is 3. The van der Waals surface area contributed by atoms with E-state index in [1.165, 1.54) is 25.0 Å². The van der Waals surface area contributed by atoms with Crippen molar-refractivity contribution in [3.63, 3.8) is 0 Å². The highest BCUT2D eigenvalue weighted by Crippen LogP contribution is 2.21. The summed E-state index contributed by atoms with van der Waals surface area (Å²) >= 11 is 0. The normalized spacial score (nSPS) is 16.4. The maximum absolute atomic E-state index is 12.0. The molecule has 0 fully saturated rings. The molecule has 8 heteroatoms. The van der Waals surface area contributed by atoms with Crippen molar-refractivity contribution in [2.75, 3.05) is 0 Å². The minimum absolute atomic E-state index is 0.145. The average molecular weight is 381 g/mol.